The number of hydrogen-bond acceptors (Lipinski definition) is 3. The molecule has 0 saturated carbocycles. The number of nitrogens with two attached hydrogens (primary N) is 2. The van der Waals surface area contributed by atoms with Gasteiger partial charge in [0, 0.05) is 13.0 Å². The van der Waals surface area contributed by atoms with Gasteiger partial charge in [-0.05, 0) is 12.8 Å². The Bertz CT molecular complexity index is 139. The van der Waals surface area contributed by atoms with E-state index in [0.29, 0.717) is 6.42 Å². The fraction of sp³-hybridized carbons (Fsp3) is 0.900. The van der Waals surface area contributed by atoms with E-state index >= 15 is 0 Å². The first-order chi connectivity index (χ1) is 6.77. The minimum atomic E-state index is -0.181. The number of amides is 1. The molecule has 0 aromatic carbocycles. The lowest BCUT2D eigenvalue weighted by Gasteiger charge is -2.01. The molecular formula is C10H23N3O. The van der Waals surface area contributed by atoms with Crippen LogP contribution in [0.5, 0.6) is 0 Å². The Hall–Kier alpha value is -0.610. The van der Waals surface area contributed by atoms with Crippen LogP contribution in [-0.4, -0.2) is 12.5 Å². The molecule has 0 saturated heterocycles. The molecule has 0 aromatic rings. The standard InChI is InChI=1S/C10H23N3O/c11-10(14)8-6-4-2-1-3-5-7-9-13-12/h13H,1-9,12H2,(H2,11,14). The van der Waals surface area contributed by atoms with Crippen molar-refractivity contribution in [2.45, 2.75) is 51.4 Å². The molecule has 4 heteroatoms. The number of unbranched alkanes of at least 4 members (excludes halogenated alkanes) is 6. The van der Waals surface area contributed by atoms with Gasteiger partial charge < -0.3 is 5.73 Å². The predicted molar refractivity (Wildman–Crippen MR) is 58.3 cm³/mol. The molecule has 0 spiro atoms. The van der Waals surface area contributed by atoms with Crippen molar-refractivity contribution in [2.75, 3.05) is 6.54 Å². The molecule has 5 N–H and O–H groups in total. The molecule has 0 rings (SSSR count). The maximum Gasteiger partial charge on any atom is 0.217 e. The summed E-state index contributed by atoms with van der Waals surface area (Å²) in [7, 11) is 0. The minimum Gasteiger partial charge on any atom is -0.370 e. The van der Waals surface area contributed by atoms with Gasteiger partial charge in [-0.15, -0.1) is 0 Å². The van der Waals surface area contributed by atoms with Gasteiger partial charge in [0.2, 0.25) is 5.91 Å². The second kappa shape index (κ2) is 10.5. The second-order valence-corrected chi connectivity index (χ2v) is 3.65. The summed E-state index contributed by atoms with van der Waals surface area (Å²) >= 11 is 0. The zero-order valence-corrected chi connectivity index (χ0v) is 8.93. The smallest absolute Gasteiger partial charge is 0.217 e. The van der Waals surface area contributed by atoms with Crippen LogP contribution in [0.3, 0.4) is 0 Å². The maximum atomic E-state index is 10.4. The number of nitrogens with one attached hydrogen (secondary N) is 1. The fourth-order valence-corrected chi connectivity index (χ4v) is 1.41. The second-order valence-electron chi connectivity index (χ2n) is 3.65. The van der Waals surface area contributed by atoms with Crippen LogP contribution in [0.4, 0.5) is 0 Å². The van der Waals surface area contributed by atoms with Gasteiger partial charge in [-0.2, -0.15) is 0 Å². The SMILES string of the molecule is NNCCCCCCCCCC(N)=O. The van der Waals surface area contributed by atoms with E-state index < -0.39 is 0 Å². The first-order valence-corrected chi connectivity index (χ1v) is 5.49. The summed E-state index contributed by atoms with van der Waals surface area (Å²) in [6, 6.07) is 0. The first-order valence-electron chi connectivity index (χ1n) is 5.49. The molecule has 0 bridgehead atoms. The largest absolute Gasteiger partial charge is 0.370 e. The quantitative estimate of drug-likeness (QED) is 0.281. The highest BCUT2D eigenvalue weighted by atomic mass is 16.1. The Labute approximate surface area is 86.4 Å². The Morgan fingerprint density at radius 3 is 1.93 bits per heavy atom. The molecule has 1 amide bonds. The summed E-state index contributed by atoms with van der Waals surface area (Å²) in [5.41, 5.74) is 7.67. The average Bonchev–Trinajstić information content (AvgIpc) is 2.15. The Morgan fingerprint density at radius 2 is 1.43 bits per heavy atom. The molecule has 0 aliphatic carbocycles. The van der Waals surface area contributed by atoms with E-state index in [0.717, 1.165) is 25.8 Å². The highest BCUT2D eigenvalue weighted by Crippen LogP contribution is 2.07. The van der Waals surface area contributed by atoms with Crippen LogP contribution in [0, 0.1) is 0 Å². The normalized spacial score (nSPS) is 10.4. The van der Waals surface area contributed by atoms with E-state index in [1.807, 2.05) is 0 Å². The zero-order chi connectivity index (χ0) is 10.6. The monoisotopic (exact) mass is 201 g/mol. The van der Waals surface area contributed by atoms with Crippen molar-refractivity contribution in [3.63, 3.8) is 0 Å². The van der Waals surface area contributed by atoms with Crippen molar-refractivity contribution in [1.82, 2.24) is 5.43 Å². The van der Waals surface area contributed by atoms with Gasteiger partial charge in [-0.3, -0.25) is 16.1 Å². The van der Waals surface area contributed by atoms with Gasteiger partial charge in [0.05, 0.1) is 0 Å². The van der Waals surface area contributed by atoms with E-state index in [4.69, 9.17) is 11.6 Å². The van der Waals surface area contributed by atoms with Crippen molar-refractivity contribution in [3.8, 4) is 0 Å². The third-order valence-corrected chi connectivity index (χ3v) is 2.24. The van der Waals surface area contributed by atoms with Crippen molar-refractivity contribution < 1.29 is 4.79 Å². The van der Waals surface area contributed by atoms with Crippen molar-refractivity contribution in [1.29, 1.82) is 0 Å². The van der Waals surface area contributed by atoms with Gasteiger partial charge in [0.15, 0.2) is 0 Å². The van der Waals surface area contributed by atoms with Crippen LogP contribution in [0.15, 0.2) is 0 Å². The first kappa shape index (κ1) is 13.4. The number of primary amides is 1. The number of hydrogen-bond donors (Lipinski definition) is 3. The van der Waals surface area contributed by atoms with Crippen LogP contribution in [0.1, 0.15) is 51.4 Å². The van der Waals surface area contributed by atoms with Gasteiger partial charge in [-0.1, -0.05) is 32.1 Å². The Kier molecular flexibility index (Phi) is 10.0. The third-order valence-electron chi connectivity index (χ3n) is 2.24. The molecule has 0 aliphatic rings. The highest BCUT2D eigenvalue weighted by molar-refractivity contribution is 5.73. The molecule has 0 fully saturated rings. The van der Waals surface area contributed by atoms with Gasteiger partial charge in [0.1, 0.15) is 0 Å². The summed E-state index contributed by atoms with van der Waals surface area (Å²) < 4.78 is 0. The van der Waals surface area contributed by atoms with Crippen LogP contribution in [0.2, 0.25) is 0 Å². The number of hydrazine groups is 1. The molecular weight excluding hydrogens is 178 g/mol. The van der Waals surface area contributed by atoms with Gasteiger partial charge in [-0.25, -0.2) is 0 Å². The number of carbonyl (C=O) groups excluding carboxylic acids is 1. The topological polar surface area (TPSA) is 81.1 Å². The van der Waals surface area contributed by atoms with E-state index in [9.17, 15) is 4.79 Å². The van der Waals surface area contributed by atoms with Gasteiger partial charge in [0.25, 0.3) is 0 Å². The third kappa shape index (κ3) is 11.4. The summed E-state index contributed by atoms with van der Waals surface area (Å²) in [5.74, 6) is 4.96. The summed E-state index contributed by atoms with van der Waals surface area (Å²) in [5, 5.41) is 0. The molecule has 0 aliphatic heterocycles. The summed E-state index contributed by atoms with van der Waals surface area (Å²) in [6.45, 7) is 0.904. The van der Waals surface area contributed by atoms with E-state index in [-0.39, 0.29) is 5.91 Å². The van der Waals surface area contributed by atoms with E-state index in [2.05, 4.69) is 5.43 Å². The lowest BCUT2D eigenvalue weighted by molar-refractivity contribution is -0.118. The Morgan fingerprint density at radius 1 is 0.929 bits per heavy atom. The van der Waals surface area contributed by atoms with Crippen LogP contribution in [-0.2, 0) is 4.79 Å². The molecule has 14 heavy (non-hydrogen) atoms. The lowest BCUT2D eigenvalue weighted by Crippen LogP contribution is -2.22. The fourth-order valence-electron chi connectivity index (χ4n) is 1.41. The number of rotatable bonds is 10. The minimum absolute atomic E-state index is 0.181. The van der Waals surface area contributed by atoms with Crippen molar-refractivity contribution in [2.24, 2.45) is 11.6 Å². The summed E-state index contributed by atoms with van der Waals surface area (Å²) in [4.78, 5) is 10.4. The average molecular weight is 201 g/mol. The van der Waals surface area contributed by atoms with Crippen LogP contribution in [0.25, 0.3) is 0 Å². The molecule has 0 radical (unpaired) electrons. The molecule has 4 nitrogen and oxygen atoms in total. The van der Waals surface area contributed by atoms with Crippen molar-refractivity contribution >= 4 is 5.91 Å². The van der Waals surface area contributed by atoms with Gasteiger partial charge >= 0.3 is 0 Å². The van der Waals surface area contributed by atoms with Crippen LogP contribution < -0.4 is 17.0 Å². The van der Waals surface area contributed by atoms with E-state index in [1.165, 1.54) is 25.7 Å². The predicted octanol–water partition coefficient (Wildman–Crippen LogP) is 1.06. The summed E-state index contributed by atoms with van der Waals surface area (Å²) in [6.07, 6.45) is 8.72. The van der Waals surface area contributed by atoms with Crippen molar-refractivity contribution in [3.05, 3.63) is 0 Å². The Balaban J connectivity index is 2.88. The lowest BCUT2D eigenvalue weighted by atomic mass is 10.1. The molecule has 0 aromatic heterocycles. The highest BCUT2D eigenvalue weighted by Gasteiger charge is 1.94. The molecule has 0 unspecified atom stereocenters. The molecule has 0 atom stereocenters. The molecule has 84 valence electrons. The maximum absolute atomic E-state index is 10.4. The number of carbonyl (C=O) groups is 1. The zero-order valence-electron chi connectivity index (χ0n) is 8.93. The molecule has 0 heterocycles. The van der Waals surface area contributed by atoms with Crippen LogP contribution >= 0.6 is 0 Å². The van der Waals surface area contributed by atoms with E-state index in [1.54, 1.807) is 0 Å².